The summed E-state index contributed by atoms with van der Waals surface area (Å²) in [5.74, 6) is -0.257. The van der Waals surface area contributed by atoms with Gasteiger partial charge in [0.2, 0.25) is 0 Å². The molecule has 4 rings (SSSR count). The Labute approximate surface area is 170 Å². The summed E-state index contributed by atoms with van der Waals surface area (Å²) in [5.41, 5.74) is 1.95. The van der Waals surface area contributed by atoms with E-state index in [1.165, 1.54) is 0 Å². The lowest BCUT2D eigenvalue weighted by Crippen LogP contribution is -2.67. The summed E-state index contributed by atoms with van der Waals surface area (Å²) in [7, 11) is 0. The molecule has 1 heterocycles. The molecule has 1 aliphatic rings. The molecule has 0 aliphatic carbocycles. The Kier molecular flexibility index (Phi) is 5.51. The Bertz CT molecular complexity index is 977. The van der Waals surface area contributed by atoms with Gasteiger partial charge in [-0.3, -0.25) is 4.79 Å². The van der Waals surface area contributed by atoms with Crippen molar-refractivity contribution >= 4 is 17.5 Å². The van der Waals surface area contributed by atoms with Crippen molar-refractivity contribution in [3.63, 3.8) is 0 Å². The molecule has 2 amide bonds. The van der Waals surface area contributed by atoms with Gasteiger partial charge in [0.05, 0.1) is 12.1 Å². The van der Waals surface area contributed by atoms with Crippen molar-refractivity contribution in [1.82, 2.24) is 14.9 Å². The van der Waals surface area contributed by atoms with Crippen LogP contribution in [0.1, 0.15) is 20.7 Å². The summed E-state index contributed by atoms with van der Waals surface area (Å²) in [6.07, 6.45) is 0. The number of carbonyl (C=O) groups is 2. The van der Waals surface area contributed by atoms with Crippen LogP contribution in [-0.4, -0.2) is 43.0 Å². The standard InChI is InChI=1S/C24H24N3O2/c28-23(20-10-4-1-5-11-20)26-18-16-25-17-19-27(26,22-14-8-3-9-15-22)24(29)21-12-6-2-7-13-21/h1-15,25H,16-19H2/q+1. The van der Waals surface area contributed by atoms with Gasteiger partial charge in [-0.2, -0.15) is 5.01 Å². The van der Waals surface area contributed by atoms with Crippen molar-refractivity contribution in [2.75, 3.05) is 26.2 Å². The topological polar surface area (TPSA) is 49.4 Å². The van der Waals surface area contributed by atoms with Crippen molar-refractivity contribution in [3.8, 4) is 0 Å². The fraction of sp³-hybridized carbons (Fsp3) is 0.167. The summed E-state index contributed by atoms with van der Waals surface area (Å²) in [4.78, 5) is 27.6. The van der Waals surface area contributed by atoms with Crippen LogP contribution in [-0.2, 0) is 0 Å². The number of hydrogen-bond acceptors (Lipinski definition) is 3. The van der Waals surface area contributed by atoms with Crippen molar-refractivity contribution in [2.24, 2.45) is 0 Å². The SMILES string of the molecule is O=C(c1ccccc1)N1CCNCC[N+]1(C(=O)c1ccccc1)c1ccccc1. The molecule has 1 aliphatic heterocycles. The van der Waals surface area contributed by atoms with Crippen LogP contribution in [0.2, 0.25) is 0 Å². The maximum Gasteiger partial charge on any atom is 0.375 e. The van der Waals surface area contributed by atoms with Gasteiger partial charge in [0.1, 0.15) is 6.54 Å². The Morgan fingerprint density at radius 2 is 1.28 bits per heavy atom. The molecule has 1 N–H and O–H groups in total. The van der Waals surface area contributed by atoms with Crippen LogP contribution < -0.4 is 9.91 Å². The first-order chi connectivity index (χ1) is 14.2. The van der Waals surface area contributed by atoms with Crippen molar-refractivity contribution in [2.45, 2.75) is 0 Å². The number of carbonyl (C=O) groups excluding carboxylic acids is 2. The minimum absolute atomic E-state index is 0.107. The predicted octanol–water partition coefficient (Wildman–Crippen LogP) is 3.49. The third kappa shape index (κ3) is 3.58. The molecule has 1 saturated heterocycles. The van der Waals surface area contributed by atoms with E-state index in [4.69, 9.17) is 0 Å². The van der Waals surface area contributed by atoms with E-state index in [9.17, 15) is 9.59 Å². The fourth-order valence-corrected chi connectivity index (χ4v) is 3.89. The van der Waals surface area contributed by atoms with E-state index >= 15 is 0 Å². The fourth-order valence-electron chi connectivity index (χ4n) is 3.89. The van der Waals surface area contributed by atoms with Gasteiger partial charge in [-0.05, 0) is 24.3 Å². The Morgan fingerprint density at radius 1 is 0.724 bits per heavy atom. The van der Waals surface area contributed by atoms with Crippen LogP contribution in [0.25, 0.3) is 0 Å². The van der Waals surface area contributed by atoms with Gasteiger partial charge in [-0.25, -0.2) is 4.79 Å². The second kappa shape index (κ2) is 8.39. The van der Waals surface area contributed by atoms with Gasteiger partial charge in [-0.1, -0.05) is 54.6 Å². The van der Waals surface area contributed by atoms with E-state index in [1.807, 2.05) is 78.9 Å². The monoisotopic (exact) mass is 386 g/mol. The third-order valence-electron chi connectivity index (χ3n) is 5.32. The second-order valence-corrected chi connectivity index (χ2v) is 7.04. The molecule has 0 saturated carbocycles. The average molecular weight is 386 g/mol. The molecule has 3 aromatic rings. The molecule has 1 fully saturated rings. The Morgan fingerprint density at radius 3 is 1.90 bits per heavy atom. The zero-order valence-electron chi connectivity index (χ0n) is 16.2. The molecule has 0 bridgehead atoms. The molecule has 146 valence electrons. The normalized spacial score (nSPS) is 19.4. The molecule has 0 spiro atoms. The summed E-state index contributed by atoms with van der Waals surface area (Å²) < 4.78 is -0.161. The highest BCUT2D eigenvalue weighted by Crippen LogP contribution is 2.31. The number of quaternary nitrogens is 1. The average Bonchev–Trinajstić information content (AvgIpc) is 3.03. The molecule has 5 heteroatoms. The van der Waals surface area contributed by atoms with Crippen LogP contribution >= 0.6 is 0 Å². The molecule has 1 unspecified atom stereocenters. The molecular formula is C24H24N3O2+. The maximum atomic E-state index is 14.0. The molecular weight excluding hydrogens is 362 g/mol. The van der Waals surface area contributed by atoms with Gasteiger partial charge >= 0.3 is 5.91 Å². The maximum absolute atomic E-state index is 14.0. The summed E-state index contributed by atoms with van der Waals surface area (Å²) >= 11 is 0. The number of nitrogens with one attached hydrogen (secondary N) is 1. The molecule has 0 aromatic heterocycles. The first kappa shape index (κ1) is 19.1. The number of amides is 2. The third-order valence-corrected chi connectivity index (χ3v) is 5.32. The van der Waals surface area contributed by atoms with Crippen molar-refractivity contribution < 1.29 is 9.59 Å². The molecule has 1 atom stereocenters. The van der Waals surface area contributed by atoms with Gasteiger partial charge in [-0.15, -0.1) is 4.59 Å². The van der Waals surface area contributed by atoms with E-state index in [-0.39, 0.29) is 16.4 Å². The van der Waals surface area contributed by atoms with E-state index in [2.05, 4.69) is 5.32 Å². The predicted molar refractivity (Wildman–Crippen MR) is 114 cm³/mol. The number of rotatable bonds is 3. The minimum atomic E-state index is -0.161. The van der Waals surface area contributed by atoms with E-state index in [1.54, 1.807) is 17.1 Å². The van der Waals surface area contributed by atoms with Crippen LogP contribution in [0.5, 0.6) is 0 Å². The lowest BCUT2D eigenvalue weighted by molar-refractivity contribution is 0.00593. The summed E-state index contributed by atoms with van der Waals surface area (Å²) in [5, 5.41) is 5.06. The van der Waals surface area contributed by atoms with E-state index in [0.717, 1.165) is 5.69 Å². The van der Waals surface area contributed by atoms with Crippen LogP contribution in [0.15, 0.2) is 91.0 Å². The quantitative estimate of drug-likeness (QED) is 0.701. The van der Waals surface area contributed by atoms with E-state index in [0.29, 0.717) is 37.3 Å². The molecule has 29 heavy (non-hydrogen) atoms. The van der Waals surface area contributed by atoms with Gasteiger partial charge in [0.15, 0.2) is 5.69 Å². The number of nitrogens with zero attached hydrogens (tertiary/aromatic N) is 2. The molecule has 3 aromatic carbocycles. The molecule has 0 radical (unpaired) electrons. The largest absolute Gasteiger partial charge is 0.375 e. The number of benzene rings is 3. The minimum Gasteiger partial charge on any atom is -0.309 e. The number of para-hydroxylation sites is 1. The smallest absolute Gasteiger partial charge is 0.309 e. The van der Waals surface area contributed by atoms with E-state index < -0.39 is 0 Å². The first-order valence-electron chi connectivity index (χ1n) is 9.85. The second-order valence-electron chi connectivity index (χ2n) is 7.04. The van der Waals surface area contributed by atoms with Crippen molar-refractivity contribution in [3.05, 3.63) is 102 Å². The number of hydrogen-bond donors (Lipinski definition) is 1. The van der Waals surface area contributed by atoms with Gasteiger partial charge < -0.3 is 5.32 Å². The highest BCUT2D eigenvalue weighted by Gasteiger charge is 2.49. The Balaban J connectivity index is 1.90. The Hall–Kier alpha value is -3.28. The lowest BCUT2D eigenvalue weighted by atomic mass is 10.1. The zero-order chi connectivity index (χ0) is 20.1. The van der Waals surface area contributed by atoms with Gasteiger partial charge in [0, 0.05) is 30.8 Å². The van der Waals surface area contributed by atoms with Crippen molar-refractivity contribution in [1.29, 1.82) is 0 Å². The van der Waals surface area contributed by atoms with Gasteiger partial charge in [0.25, 0.3) is 5.91 Å². The molecule has 5 nitrogen and oxygen atoms in total. The summed E-state index contributed by atoms with van der Waals surface area (Å²) in [6, 6.07) is 28.0. The highest BCUT2D eigenvalue weighted by molar-refractivity contribution is 6.05. The first-order valence-corrected chi connectivity index (χ1v) is 9.85. The van der Waals surface area contributed by atoms with Crippen LogP contribution in [0, 0.1) is 0 Å². The highest BCUT2D eigenvalue weighted by atomic mass is 16.2. The van der Waals surface area contributed by atoms with Crippen LogP contribution in [0.3, 0.4) is 0 Å². The zero-order valence-corrected chi connectivity index (χ0v) is 16.2. The van der Waals surface area contributed by atoms with Crippen LogP contribution in [0.4, 0.5) is 5.69 Å². The lowest BCUT2D eigenvalue weighted by Gasteiger charge is -2.41. The summed E-state index contributed by atoms with van der Waals surface area (Å²) in [6.45, 7) is 2.15.